The van der Waals surface area contributed by atoms with Crippen molar-refractivity contribution in [2.24, 2.45) is 7.05 Å². The molecule has 0 aliphatic rings. The monoisotopic (exact) mass is 287 g/mol. The summed E-state index contributed by atoms with van der Waals surface area (Å²) in [5, 5.41) is 15.7. The summed E-state index contributed by atoms with van der Waals surface area (Å²) in [4.78, 5) is 22.8. The summed E-state index contributed by atoms with van der Waals surface area (Å²) >= 11 is 0. The SMILES string of the molecule is CCc1nn(C)cc1C(=O)Nc1ccc(CC(=O)O)cc1. The van der Waals surface area contributed by atoms with Gasteiger partial charge in [0.15, 0.2) is 0 Å². The Labute approximate surface area is 122 Å². The maximum Gasteiger partial charge on any atom is 0.307 e. The highest BCUT2D eigenvalue weighted by atomic mass is 16.4. The van der Waals surface area contributed by atoms with Crippen molar-refractivity contribution >= 4 is 17.6 Å². The van der Waals surface area contributed by atoms with Gasteiger partial charge in [-0.2, -0.15) is 5.10 Å². The molecule has 6 nitrogen and oxygen atoms in total. The van der Waals surface area contributed by atoms with Gasteiger partial charge in [-0.15, -0.1) is 0 Å². The fourth-order valence-electron chi connectivity index (χ4n) is 2.06. The Morgan fingerprint density at radius 1 is 1.29 bits per heavy atom. The molecule has 0 fully saturated rings. The highest BCUT2D eigenvalue weighted by Gasteiger charge is 2.14. The molecule has 0 saturated heterocycles. The fourth-order valence-corrected chi connectivity index (χ4v) is 2.06. The van der Waals surface area contributed by atoms with Crippen molar-refractivity contribution in [1.82, 2.24) is 9.78 Å². The van der Waals surface area contributed by atoms with E-state index in [1.807, 2.05) is 6.92 Å². The average Bonchev–Trinajstić information content (AvgIpc) is 2.82. The fraction of sp³-hybridized carbons (Fsp3) is 0.267. The molecular weight excluding hydrogens is 270 g/mol. The van der Waals surface area contributed by atoms with Gasteiger partial charge >= 0.3 is 5.97 Å². The lowest BCUT2D eigenvalue weighted by Gasteiger charge is -2.05. The van der Waals surface area contributed by atoms with Crippen LogP contribution in [0.15, 0.2) is 30.5 Å². The topological polar surface area (TPSA) is 84.2 Å². The van der Waals surface area contributed by atoms with Crippen LogP contribution in [-0.2, 0) is 24.7 Å². The number of aromatic nitrogens is 2. The van der Waals surface area contributed by atoms with E-state index in [9.17, 15) is 9.59 Å². The predicted octanol–water partition coefficient (Wildman–Crippen LogP) is 1.86. The van der Waals surface area contributed by atoms with Crippen LogP contribution in [0.2, 0.25) is 0 Å². The second kappa shape index (κ2) is 6.21. The van der Waals surface area contributed by atoms with Gasteiger partial charge in [0.1, 0.15) is 0 Å². The number of amides is 1. The van der Waals surface area contributed by atoms with Gasteiger partial charge < -0.3 is 10.4 Å². The summed E-state index contributed by atoms with van der Waals surface area (Å²) in [6.07, 6.45) is 2.34. The molecule has 110 valence electrons. The molecule has 0 radical (unpaired) electrons. The minimum Gasteiger partial charge on any atom is -0.481 e. The molecule has 1 aromatic carbocycles. The second-order valence-corrected chi connectivity index (χ2v) is 4.74. The number of carboxylic acids is 1. The van der Waals surface area contributed by atoms with E-state index in [0.717, 1.165) is 5.69 Å². The van der Waals surface area contributed by atoms with Gasteiger partial charge in [-0.3, -0.25) is 14.3 Å². The van der Waals surface area contributed by atoms with E-state index < -0.39 is 5.97 Å². The second-order valence-electron chi connectivity index (χ2n) is 4.74. The molecule has 2 rings (SSSR count). The number of carboxylic acid groups (broad SMARTS) is 1. The van der Waals surface area contributed by atoms with E-state index in [1.165, 1.54) is 0 Å². The number of carbonyl (C=O) groups is 2. The van der Waals surface area contributed by atoms with Crippen LogP contribution >= 0.6 is 0 Å². The number of hydrogen-bond acceptors (Lipinski definition) is 3. The molecule has 0 spiro atoms. The summed E-state index contributed by atoms with van der Waals surface area (Å²) in [5.41, 5.74) is 2.61. The van der Waals surface area contributed by atoms with E-state index in [2.05, 4.69) is 10.4 Å². The zero-order valence-electron chi connectivity index (χ0n) is 12.0. The summed E-state index contributed by atoms with van der Waals surface area (Å²) in [5.74, 6) is -1.10. The Kier molecular flexibility index (Phi) is 4.37. The molecule has 1 heterocycles. The summed E-state index contributed by atoms with van der Waals surface area (Å²) < 4.78 is 1.61. The molecule has 0 saturated carbocycles. The lowest BCUT2D eigenvalue weighted by Crippen LogP contribution is -2.13. The number of anilines is 1. The lowest BCUT2D eigenvalue weighted by molar-refractivity contribution is -0.136. The van der Waals surface area contributed by atoms with Crippen LogP contribution in [-0.4, -0.2) is 26.8 Å². The van der Waals surface area contributed by atoms with Crippen molar-refractivity contribution in [2.75, 3.05) is 5.32 Å². The third-order valence-corrected chi connectivity index (χ3v) is 3.05. The first-order chi connectivity index (χ1) is 9.99. The van der Waals surface area contributed by atoms with Crippen LogP contribution < -0.4 is 5.32 Å². The number of nitrogens with zero attached hydrogens (tertiary/aromatic N) is 2. The minimum atomic E-state index is -0.880. The molecule has 6 heteroatoms. The van der Waals surface area contributed by atoms with Crippen LogP contribution in [0.3, 0.4) is 0 Å². The molecule has 1 amide bonds. The third-order valence-electron chi connectivity index (χ3n) is 3.05. The number of hydrogen-bond donors (Lipinski definition) is 2. The maximum atomic E-state index is 12.2. The van der Waals surface area contributed by atoms with E-state index in [1.54, 1.807) is 42.2 Å². The van der Waals surface area contributed by atoms with Crippen molar-refractivity contribution in [1.29, 1.82) is 0 Å². The molecule has 0 aliphatic heterocycles. The van der Waals surface area contributed by atoms with E-state index in [-0.39, 0.29) is 12.3 Å². The van der Waals surface area contributed by atoms with Crippen LogP contribution in [0.4, 0.5) is 5.69 Å². The van der Waals surface area contributed by atoms with Gasteiger partial charge in [-0.25, -0.2) is 0 Å². The number of aryl methyl sites for hydroxylation is 2. The van der Waals surface area contributed by atoms with Gasteiger partial charge in [-0.1, -0.05) is 19.1 Å². The lowest BCUT2D eigenvalue weighted by atomic mass is 10.1. The first-order valence-electron chi connectivity index (χ1n) is 6.64. The number of nitrogens with one attached hydrogen (secondary N) is 1. The quantitative estimate of drug-likeness (QED) is 0.879. The summed E-state index contributed by atoms with van der Waals surface area (Å²) in [7, 11) is 1.77. The molecule has 0 unspecified atom stereocenters. The van der Waals surface area contributed by atoms with Gasteiger partial charge in [0.05, 0.1) is 17.7 Å². The van der Waals surface area contributed by atoms with Crippen molar-refractivity contribution in [3.05, 3.63) is 47.3 Å². The maximum absolute atomic E-state index is 12.2. The predicted molar refractivity (Wildman–Crippen MR) is 78.3 cm³/mol. The third kappa shape index (κ3) is 3.68. The molecule has 1 aromatic heterocycles. The number of carbonyl (C=O) groups excluding carboxylic acids is 1. The van der Waals surface area contributed by atoms with Gasteiger partial charge in [0.2, 0.25) is 0 Å². The van der Waals surface area contributed by atoms with Crippen molar-refractivity contribution in [3.63, 3.8) is 0 Å². The van der Waals surface area contributed by atoms with E-state index in [4.69, 9.17) is 5.11 Å². The summed E-state index contributed by atoms with van der Waals surface area (Å²) in [6.45, 7) is 1.94. The van der Waals surface area contributed by atoms with Gasteiger partial charge in [0.25, 0.3) is 5.91 Å². The Bertz CT molecular complexity index is 659. The summed E-state index contributed by atoms with van der Waals surface area (Å²) in [6, 6.07) is 6.76. The molecule has 0 aliphatic carbocycles. The normalized spacial score (nSPS) is 10.4. The zero-order valence-corrected chi connectivity index (χ0v) is 12.0. The molecule has 21 heavy (non-hydrogen) atoms. The van der Waals surface area contributed by atoms with Gasteiger partial charge in [0, 0.05) is 18.9 Å². The van der Waals surface area contributed by atoms with Crippen LogP contribution in [0.1, 0.15) is 28.5 Å². The molecular formula is C15H17N3O3. The van der Waals surface area contributed by atoms with Crippen LogP contribution in [0.5, 0.6) is 0 Å². The molecule has 0 atom stereocenters. The van der Waals surface area contributed by atoms with Gasteiger partial charge in [-0.05, 0) is 24.1 Å². The number of aliphatic carboxylic acids is 1. The Morgan fingerprint density at radius 3 is 2.52 bits per heavy atom. The first kappa shape index (κ1) is 14.8. The Balaban J connectivity index is 2.10. The zero-order chi connectivity index (χ0) is 15.4. The standard InChI is InChI=1S/C15H17N3O3/c1-3-13-12(9-18(2)17-13)15(21)16-11-6-4-10(5-7-11)8-14(19)20/h4-7,9H,3,8H2,1-2H3,(H,16,21)(H,19,20). The first-order valence-corrected chi connectivity index (χ1v) is 6.64. The molecule has 0 bridgehead atoms. The Hall–Kier alpha value is -2.63. The number of rotatable bonds is 5. The molecule has 2 N–H and O–H groups in total. The molecule has 2 aromatic rings. The average molecular weight is 287 g/mol. The van der Waals surface area contributed by atoms with Crippen LogP contribution in [0.25, 0.3) is 0 Å². The van der Waals surface area contributed by atoms with Crippen molar-refractivity contribution in [2.45, 2.75) is 19.8 Å². The smallest absolute Gasteiger partial charge is 0.307 e. The highest BCUT2D eigenvalue weighted by molar-refractivity contribution is 6.04. The van der Waals surface area contributed by atoms with Crippen LogP contribution in [0, 0.1) is 0 Å². The minimum absolute atomic E-state index is 0.0309. The largest absolute Gasteiger partial charge is 0.481 e. The van der Waals surface area contributed by atoms with Crippen molar-refractivity contribution < 1.29 is 14.7 Å². The van der Waals surface area contributed by atoms with E-state index >= 15 is 0 Å². The Morgan fingerprint density at radius 2 is 1.95 bits per heavy atom. The highest BCUT2D eigenvalue weighted by Crippen LogP contribution is 2.14. The van der Waals surface area contributed by atoms with Crippen molar-refractivity contribution in [3.8, 4) is 0 Å². The number of benzene rings is 1. The van der Waals surface area contributed by atoms with E-state index in [0.29, 0.717) is 23.2 Å².